The van der Waals surface area contributed by atoms with Gasteiger partial charge in [-0.1, -0.05) is 57.9 Å². The summed E-state index contributed by atoms with van der Waals surface area (Å²) in [4.78, 5) is 0. The Morgan fingerprint density at radius 2 is 1.74 bits per heavy atom. The first kappa shape index (κ1) is 18.1. The molecule has 110 valence electrons. The molecule has 0 atom stereocenters. The van der Waals surface area contributed by atoms with Gasteiger partial charge in [0.05, 0.1) is 0 Å². The molecular formula is C15H29N3S. The van der Waals surface area contributed by atoms with E-state index in [2.05, 4.69) is 29.3 Å². The van der Waals surface area contributed by atoms with Gasteiger partial charge in [0.1, 0.15) is 0 Å². The quantitative estimate of drug-likeness (QED) is 0.186. The fraction of sp³-hybridized carbons (Fsp3) is 0.733. The topological polar surface area (TPSA) is 36.4 Å². The van der Waals surface area contributed by atoms with Gasteiger partial charge in [0.25, 0.3) is 0 Å². The minimum Gasteiger partial charge on any atom is -0.358 e. The highest BCUT2D eigenvalue weighted by Crippen LogP contribution is 2.08. The van der Waals surface area contributed by atoms with Gasteiger partial charge in [0, 0.05) is 12.8 Å². The summed E-state index contributed by atoms with van der Waals surface area (Å²) in [5.74, 6) is 0. The number of rotatable bonds is 12. The molecule has 0 spiro atoms. The van der Waals surface area contributed by atoms with Crippen molar-refractivity contribution in [3.8, 4) is 0 Å². The lowest BCUT2D eigenvalue weighted by Gasteiger charge is -2.03. The number of hydrogen-bond donors (Lipinski definition) is 2. The molecule has 0 amide bonds. The van der Waals surface area contributed by atoms with Crippen LogP contribution in [0.25, 0.3) is 0 Å². The van der Waals surface area contributed by atoms with Crippen LogP contribution in [0.3, 0.4) is 0 Å². The molecular weight excluding hydrogens is 254 g/mol. The van der Waals surface area contributed by atoms with Gasteiger partial charge in [0.15, 0.2) is 5.11 Å². The molecule has 0 aliphatic rings. The highest BCUT2D eigenvalue weighted by Gasteiger charge is 1.91. The van der Waals surface area contributed by atoms with E-state index in [1.807, 2.05) is 6.21 Å². The number of thiocarbonyl (C=S) groups is 1. The first-order valence-electron chi connectivity index (χ1n) is 7.47. The fourth-order valence-electron chi connectivity index (χ4n) is 1.74. The van der Waals surface area contributed by atoms with Gasteiger partial charge in [-0.15, -0.1) is 6.58 Å². The summed E-state index contributed by atoms with van der Waals surface area (Å²) in [6.07, 6.45) is 15.4. The number of nitrogens with one attached hydrogen (secondary N) is 2. The summed E-state index contributed by atoms with van der Waals surface area (Å²) in [5, 5.41) is 7.57. The molecule has 0 saturated heterocycles. The van der Waals surface area contributed by atoms with E-state index < -0.39 is 0 Å². The van der Waals surface area contributed by atoms with Gasteiger partial charge in [-0.05, 0) is 25.1 Å². The van der Waals surface area contributed by atoms with Crippen molar-refractivity contribution in [2.75, 3.05) is 6.54 Å². The molecule has 0 aromatic heterocycles. The summed E-state index contributed by atoms with van der Waals surface area (Å²) in [7, 11) is 0. The highest BCUT2D eigenvalue weighted by atomic mass is 32.1. The molecule has 3 nitrogen and oxygen atoms in total. The van der Waals surface area contributed by atoms with Crippen LogP contribution >= 0.6 is 12.2 Å². The lowest BCUT2D eigenvalue weighted by atomic mass is 10.1. The number of unbranched alkanes of at least 4 members (excludes halogenated alkanes) is 8. The third-order valence-electron chi connectivity index (χ3n) is 2.85. The molecule has 0 unspecified atom stereocenters. The van der Waals surface area contributed by atoms with Crippen molar-refractivity contribution in [1.29, 1.82) is 0 Å². The normalized spacial score (nSPS) is 10.6. The summed E-state index contributed by atoms with van der Waals surface area (Å²) in [5.41, 5.74) is 2.78. The van der Waals surface area contributed by atoms with E-state index in [9.17, 15) is 0 Å². The second-order valence-corrected chi connectivity index (χ2v) is 5.09. The summed E-state index contributed by atoms with van der Waals surface area (Å²) in [6, 6.07) is 0. The van der Waals surface area contributed by atoms with Crippen molar-refractivity contribution in [1.82, 2.24) is 10.7 Å². The minimum atomic E-state index is 0.548. The maximum atomic E-state index is 5.01. The van der Waals surface area contributed by atoms with Crippen molar-refractivity contribution in [3.63, 3.8) is 0 Å². The third-order valence-corrected chi connectivity index (χ3v) is 3.09. The van der Waals surface area contributed by atoms with Gasteiger partial charge in [0.2, 0.25) is 0 Å². The summed E-state index contributed by atoms with van der Waals surface area (Å²) in [6.45, 7) is 6.53. The van der Waals surface area contributed by atoms with Crippen molar-refractivity contribution >= 4 is 23.5 Å². The van der Waals surface area contributed by atoms with Crippen LogP contribution in [0.2, 0.25) is 0 Å². The Balaban J connectivity index is 3.20. The largest absolute Gasteiger partial charge is 0.358 e. The second-order valence-electron chi connectivity index (χ2n) is 4.69. The van der Waals surface area contributed by atoms with E-state index in [4.69, 9.17) is 12.2 Å². The van der Waals surface area contributed by atoms with E-state index in [0.29, 0.717) is 11.7 Å². The van der Waals surface area contributed by atoms with Crippen LogP contribution in [0.4, 0.5) is 0 Å². The Kier molecular flexibility index (Phi) is 14.4. The minimum absolute atomic E-state index is 0.548. The fourth-order valence-corrected chi connectivity index (χ4v) is 1.88. The molecule has 4 heteroatoms. The van der Waals surface area contributed by atoms with Crippen LogP contribution in [-0.2, 0) is 0 Å². The molecule has 0 aliphatic carbocycles. The predicted octanol–water partition coefficient (Wildman–Crippen LogP) is 4.15. The Morgan fingerprint density at radius 3 is 2.37 bits per heavy atom. The van der Waals surface area contributed by atoms with E-state index >= 15 is 0 Å². The Hall–Kier alpha value is -0.900. The van der Waals surface area contributed by atoms with Crippen molar-refractivity contribution in [2.45, 2.75) is 64.7 Å². The Bertz CT molecular complexity index is 252. The van der Waals surface area contributed by atoms with Gasteiger partial charge >= 0.3 is 0 Å². The van der Waals surface area contributed by atoms with Crippen LogP contribution in [0.5, 0.6) is 0 Å². The first-order chi connectivity index (χ1) is 9.31. The molecule has 0 aromatic carbocycles. The SMILES string of the molecule is C=CCNC(=S)N/N=C/CCCCCCCCCC. The predicted molar refractivity (Wildman–Crippen MR) is 89.7 cm³/mol. The average molecular weight is 283 g/mol. The first-order valence-corrected chi connectivity index (χ1v) is 7.88. The van der Waals surface area contributed by atoms with Gasteiger partial charge in [-0.3, -0.25) is 5.43 Å². The molecule has 0 rings (SSSR count). The Morgan fingerprint density at radius 1 is 1.11 bits per heavy atom. The monoisotopic (exact) mass is 283 g/mol. The lowest BCUT2D eigenvalue weighted by Crippen LogP contribution is -2.31. The zero-order valence-corrected chi connectivity index (χ0v) is 13.1. The van der Waals surface area contributed by atoms with Crippen LogP contribution in [0.1, 0.15) is 64.7 Å². The molecule has 0 radical (unpaired) electrons. The van der Waals surface area contributed by atoms with Crippen molar-refractivity contribution < 1.29 is 0 Å². The smallest absolute Gasteiger partial charge is 0.187 e. The van der Waals surface area contributed by atoms with Crippen LogP contribution < -0.4 is 10.7 Å². The molecule has 0 aliphatic heterocycles. The number of nitrogens with zero attached hydrogens (tertiary/aromatic N) is 1. The highest BCUT2D eigenvalue weighted by molar-refractivity contribution is 7.80. The lowest BCUT2D eigenvalue weighted by molar-refractivity contribution is 0.580. The maximum Gasteiger partial charge on any atom is 0.187 e. The van der Waals surface area contributed by atoms with Gasteiger partial charge in [-0.2, -0.15) is 5.10 Å². The van der Waals surface area contributed by atoms with Crippen molar-refractivity contribution in [2.24, 2.45) is 5.10 Å². The summed E-state index contributed by atoms with van der Waals surface area (Å²) >= 11 is 5.01. The molecule has 2 N–H and O–H groups in total. The van der Waals surface area contributed by atoms with E-state index in [-0.39, 0.29) is 0 Å². The molecule has 0 bridgehead atoms. The molecule has 0 heterocycles. The standard InChI is InChI=1S/C15H29N3S/c1-3-5-6-7-8-9-10-11-12-14-17-18-15(19)16-13-4-2/h4,14H,2-3,5-13H2,1H3,(H2,16,18,19)/b17-14+. The Labute approximate surface area is 123 Å². The molecule has 0 fully saturated rings. The molecule has 19 heavy (non-hydrogen) atoms. The zero-order chi connectivity index (χ0) is 14.2. The summed E-state index contributed by atoms with van der Waals surface area (Å²) < 4.78 is 0. The van der Waals surface area contributed by atoms with Crippen LogP contribution in [-0.4, -0.2) is 17.9 Å². The van der Waals surface area contributed by atoms with E-state index in [0.717, 1.165) is 6.42 Å². The average Bonchev–Trinajstić information content (AvgIpc) is 2.42. The molecule has 0 aromatic rings. The maximum absolute atomic E-state index is 5.01. The van der Waals surface area contributed by atoms with Gasteiger partial charge < -0.3 is 5.32 Å². The van der Waals surface area contributed by atoms with Crippen molar-refractivity contribution in [3.05, 3.63) is 12.7 Å². The van der Waals surface area contributed by atoms with Crippen LogP contribution in [0, 0.1) is 0 Å². The van der Waals surface area contributed by atoms with E-state index in [1.165, 1.54) is 51.4 Å². The van der Waals surface area contributed by atoms with E-state index in [1.54, 1.807) is 6.08 Å². The molecule has 0 saturated carbocycles. The number of hydrazone groups is 1. The third kappa shape index (κ3) is 15.0. The number of hydrogen-bond acceptors (Lipinski definition) is 2. The van der Waals surface area contributed by atoms with Gasteiger partial charge in [-0.25, -0.2) is 0 Å². The second kappa shape index (κ2) is 15.2. The zero-order valence-electron chi connectivity index (χ0n) is 12.3. The van der Waals surface area contributed by atoms with Crippen LogP contribution in [0.15, 0.2) is 17.8 Å².